The summed E-state index contributed by atoms with van der Waals surface area (Å²) >= 11 is 0. The van der Waals surface area contributed by atoms with Crippen molar-refractivity contribution in [1.29, 1.82) is 0 Å². The van der Waals surface area contributed by atoms with Crippen molar-refractivity contribution in [3.8, 4) is 0 Å². The van der Waals surface area contributed by atoms with Crippen LogP contribution in [0.3, 0.4) is 0 Å². The van der Waals surface area contributed by atoms with E-state index in [0.29, 0.717) is 58.5 Å². The van der Waals surface area contributed by atoms with Crippen molar-refractivity contribution in [3.63, 3.8) is 0 Å². The average molecular weight is 416 g/mol. The van der Waals surface area contributed by atoms with Crippen LogP contribution in [0, 0.1) is 0 Å². The summed E-state index contributed by atoms with van der Waals surface area (Å²) in [6, 6.07) is 1.47. The summed E-state index contributed by atoms with van der Waals surface area (Å²) in [6.07, 6.45) is 5.18. The van der Waals surface area contributed by atoms with Gasteiger partial charge in [-0.25, -0.2) is 0 Å². The number of aliphatic hydroxyl groups is 1. The van der Waals surface area contributed by atoms with Crippen molar-refractivity contribution in [3.05, 3.63) is 24.2 Å². The van der Waals surface area contributed by atoms with Gasteiger partial charge in [0.2, 0.25) is 11.8 Å². The zero-order valence-electron chi connectivity index (χ0n) is 17.0. The lowest BCUT2D eigenvalue weighted by molar-refractivity contribution is -0.180. The van der Waals surface area contributed by atoms with Gasteiger partial charge in [0.1, 0.15) is 5.54 Å². The highest BCUT2D eigenvalue weighted by Crippen LogP contribution is 2.40. The fraction of sp³-hybridized carbons (Fsp3) is 0.667. The van der Waals surface area contributed by atoms with Crippen molar-refractivity contribution in [2.45, 2.75) is 49.9 Å². The lowest BCUT2D eigenvalue weighted by Gasteiger charge is -2.58. The average Bonchev–Trinajstić information content (AvgIpc) is 3.42. The number of carbonyl (C=O) groups excluding carboxylic acids is 3. The number of fused-ring (bicyclic) bond motifs is 2. The molecule has 0 radical (unpaired) electrons. The zero-order chi connectivity index (χ0) is 20.9. The number of rotatable bonds is 6. The molecule has 0 saturated carbocycles. The first-order chi connectivity index (χ1) is 14.5. The summed E-state index contributed by atoms with van der Waals surface area (Å²) in [5.74, 6) is -0.209. The molecule has 2 atom stereocenters. The van der Waals surface area contributed by atoms with Gasteiger partial charge in [-0.2, -0.15) is 0 Å². The molecule has 1 aromatic heterocycles. The number of nitrogens with zero attached hydrogens (tertiary/aromatic N) is 4. The van der Waals surface area contributed by atoms with Gasteiger partial charge in [-0.15, -0.1) is 0 Å². The van der Waals surface area contributed by atoms with Crippen molar-refractivity contribution in [1.82, 2.24) is 19.6 Å². The van der Waals surface area contributed by atoms with Crippen molar-refractivity contribution in [2.75, 3.05) is 39.3 Å². The van der Waals surface area contributed by atoms with Gasteiger partial charge in [0, 0.05) is 57.8 Å². The van der Waals surface area contributed by atoms with Crippen LogP contribution in [0.5, 0.6) is 0 Å². The van der Waals surface area contributed by atoms with Gasteiger partial charge in [-0.1, -0.05) is 0 Å². The third-order valence-corrected chi connectivity index (χ3v) is 6.96. The monoisotopic (exact) mass is 416 g/mol. The number of amides is 3. The molecule has 5 rings (SSSR count). The fourth-order valence-electron chi connectivity index (χ4n) is 5.51. The highest BCUT2D eigenvalue weighted by atomic mass is 16.3. The van der Waals surface area contributed by atoms with Gasteiger partial charge in [0.25, 0.3) is 5.91 Å². The number of carbonyl (C=O) groups is 3. The van der Waals surface area contributed by atoms with E-state index in [2.05, 4.69) is 4.90 Å². The lowest BCUT2D eigenvalue weighted by atomic mass is 9.82. The van der Waals surface area contributed by atoms with E-state index < -0.39 is 17.7 Å². The Morgan fingerprint density at radius 2 is 2.03 bits per heavy atom. The van der Waals surface area contributed by atoms with E-state index in [9.17, 15) is 19.5 Å². The topological polar surface area (TPSA) is 97.5 Å². The highest BCUT2D eigenvalue weighted by Gasteiger charge is 2.64. The molecule has 1 aromatic rings. The van der Waals surface area contributed by atoms with Crippen LogP contribution < -0.4 is 0 Å². The van der Waals surface area contributed by atoms with Gasteiger partial charge in [0.05, 0.1) is 24.7 Å². The minimum atomic E-state index is -0.747. The van der Waals surface area contributed by atoms with Crippen LogP contribution in [0.1, 0.15) is 31.2 Å². The van der Waals surface area contributed by atoms with Crippen LogP contribution in [0.25, 0.3) is 0 Å². The van der Waals surface area contributed by atoms with Gasteiger partial charge in [0.15, 0.2) is 0 Å². The Bertz CT molecular complexity index is 834. The molecule has 1 N–H and O–H groups in total. The number of furan rings is 1. The number of imide groups is 1. The Hall–Kier alpha value is -2.23. The van der Waals surface area contributed by atoms with Crippen LogP contribution in [-0.4, -0.2) is 99.4 Å². The molecule has 9 heteroatoms. The number of hydrogen-bond acceptors (Lipinski definition) is 7. The highest BCUT2D eigenvalue weighted by molar-refractivity contribution is 6.06. The molecule has 1 spiro atoms. The molecule has 4 aliphatic rings. The van der Waals surface area contributed by atoms with Gasteiger partial charge < -0.3 is 14.4 Å². The van der Waals surface area contributed by atoms with Gasteiger partial charge in [-0.3, -0.25) is 29.1 Å². The van der Waals surface area contributed by atoms with Crippen molar-refractivity contribution >= 4 is 17.7 Å². The smallest absolute Gasteiger partial charge is 0.252 e. The Kier molecular flexibility index (Phi) is 4.91. The second kappa shape index (κ2) is 7.47. The molecule has 4 aliphatic heterocycles. The molecule has 9 nitrogen and oxygen atoms in total. The predicted molar refractivity (Wildman–Crippen MR) is 105 cm³/mol. The SMILES string of the molecule is O=C1CCCN1CCCN1C(=O)C2CC(O)CN2C2(CN(Cc3ccoc3)C2)C1=O. The third-order valence-electron chi connectivity index (χ3n) is 6.96. The number of β-amino-alcohol motifs (C(OH)–C–C–N with tert-alkyl or cyclic N) is 1. The standard InChI is InChI=1S/C21H28N4O5/c26-16-9-17-19(28)24(7-2-6-23-5-1-3-18(23)27)20(29)21(25(17)11-16)13-22(14-21)10-15-4-8-30-12-15/h4,8,12,16-17,26H,1-3,5-7,9-11,13-14H2. The molecule has 0 aliphatic carbocycles. The predicted octanol–water partition coefficient (Wildman–Crippen LogP) is -0.349. The Balaban J connectivity index is 1.28. The number of likely N-dealkylation sites (tertiary alicyclic amines) is 2. The van der Waals surface area contributed by atoms with E-state index in [4.69, 9.17) is 4.42 Å². The molecule has 30 heavy (non-hydrogen) atoms. The van der Waals surface area contributed by atoms with Crippen LogP contribution in [0.15, 0.2) is 23.0 Å². The molecule has 0 bridgehead atoms. The molecule has 3 amide bonds. The Morgan fingerprint density at radius 1 is 1.20 bits per heavy atom. The van der Waals surface area contributed by atoms with Gasteiger partial charge in [-0.05, 0) is 25.3 Å². The second-order valence-electron chi connectivity index (χ2n) is 9.00. The quantitative estimate of drug-likeness (QED) is 0.633. The summed E-state index contributed by atoms with van der Waals surface area (Å²) < 4.78 is 5.13. The Morgan fingerprint density at radius 3 is 2.73 bits per heavy atom. The summed E-state index contributed by atoms with van der Waals surface area (Å²) in [7, 11) is 0. The second-order valence-corrected chi connectivity index (χ2v) is 9.00. The first-order valence-corrected chi connectivity index (χ1v) is 10.8. The number of aliphatic hydroxyl groups excluding tert-OH is 1. The van der Waals surface area contributed by atoms with Crippen molar-refractivity contribution < 1.29 is 23.9 Å². The molecule has 162 valence electrons. The minimum absolute atomic E-state index is 0.154. The summed E-state index contributed by atoms with van der Waals surface area (Å²) in [5.41, 5.74) is 0.304. The maximum absolute atomic E-state index is 13.5. The molecule has 0 aromatic carbocycles. The number of piperazine rings is 1. The molecule has 4 saturated heterocycles. The van der Waals surface area contributed by atoms with Crippen LogP contribution >= 0.6 is 0 Å². The van der Waals surface area contributed by atoms with E-state index in [1.54, 1.807) is 12.5 Å². The molecular weight excluding hydrogens is 388 g/mol. The fourth-order valence-corrected chi connectivity index (χ4v) is 5.51. The van der Waals surface area contributed by atoms with E-state index in [-0.39, 0.29) is 17.7 Å². The van der Waals surface area contributed by atoms with Crippen LogP contribution in [-0.2, 0) is 20.9 Å². The third kappa shape index (κ3) is 3.16. The van der Waals surface area contributed by atoms with E-state index >= 15 is 0 Å². The van der Waals surface area contributed by atoms with E-state index in [1.807, 2.05) is 15.9 Å². The Labute approximate surface area is 175 Å². The van der Waals surface area contributed by atoms with Gasteiger partial charge >= 0.3 is 0 Å². The first kappa shape index (κ1) is 19.7. The normalized spacial score (nSPS) is 29.2. The minimum Gasteiger partial charge on any atom is -0.472 e. The molecule has 2 unspecified atom stereocenters. The lowest BCUT2D eigenvalue weighted by Crippen LogP contribution is -2.81. The summed E-state index contributed by atoms with van der Waals surface area (Å²) in [5, 5.41) is 10.2. The molecule has 4 fully saturated rings. The zero-order valence-corrected chi connectivity index (χ0v) is 17.0. The van der Waals surface area contributed by atoms with Crippen LogP contribution in [0.4, 0.5) is 0 Å². The maximum atomic E-state index is 13.5. The summed E-state index contributed by atoms with van der Waals surface area (Å²) in [4.78, 5) is 45.7. The van der Waals surface area contributed by atoms with E-state index in [0.717, 1.165) is 18.5 Å². The maximum Gasteiger partial charge on any atom is 0.252 e. The van der Waals surface area contributed by atoms with Crippen molar-refractivity contribution in [2.24, 2.45) is 0 Å². The summed E-state index contributed by atoms with van der Waals surface area (Å²) in [6.45, 7) is 3.78. The van der Waals surface area contributed by atoms with E-state index in [1.165, 1.54) is 4.90 Å². The largest absolute Gasteiger partial charge is 0.472 e. The number of hydrogen-bond donors (Lipinski definition) is 1. The van der Waals surface area contributed by atoms with Crippen LogP contribution in [0.2, 0.25) is 0 Å². The molecular formula is C21H28N4O5. The molecule has 5 heterocycles. The first-order valence-electron chi connectivity index (χ1n) is 10.8.